The van der Waals surface area contributed by atoms with E-state index in [-0.39, 0.29) is 17.1 Å². The van der Waals surface area contributed by atoms with Gasteiger partial charge in [-0.2, -0.15) is 0 Å². The number of non-ortho nitro benzene ring substituents is 1. The topological polar surface area (TPSA) is 117 Å². The smallest absolute Gasteiger partial charge is 0.377 e. The number of nitrogens with two attached hydrogens (primary N) is 1. The molecule has 0 aromatic heterocycles. The van der Waals surface area contributed by atoms with E-state index in [0.717, 1.165) is 0 Å². The summed E-state index contributed by atoms with van der Waals surface area (Å²) in [6, 6.07) is 12.0. The Kier molecular flexibility index (Phi) is 5.78. The van der Waals surface area contributed by atoms with Crippen molar-refractivity contribution in [3.05, 3.63) is 69.2 Å². The summed E-state index contributed by atoms with van der Waals surface area (Å²) in [7, 11) is 0. The van der Waals surface area contributed by atoms with E-state index in [1.165, 1.54) is 38.1 Å². The summed E-state index contributed by atoms with van der Waals surface area (Å²) in [5, 5.41) is 14.9. The Labute approximate surface area is 154 Å². The van der Waals surface area contributed by atoms with Crippen molar-refractivity contribution in [2.45, 2.75) is 19.4 Å². The van der Waals surface area contributed by atoms with Crippen molar-refractivity contribution in [1.29, 1.82) is 0 Å². The summed E-state index contributed by atoms with van der Waals surface area (Å²) < 4.78 is 5.57. The Bertz CT molecular complexity index is 850. The molecule has 0 unspecified atom stereocenters. The summed E-state index contributed by atoms with van der Waals surface area (Å²) in [6.45, 7) is 3.01. The van der Waals surface area contributed by atoms with Crippen molar-refractivity contribution >= 4 is 29.1 Å². The molecule has 0 amide bonds. The molecule has 0 radical (unpaired) electrons. The minimum absolute atomic E-state index is 0.154. The van der Waals surface area contributed by atoms with E-state index in [1.807, 2.05) is 0 Å². The van der Waals surface area contributed by atoms with Crippen LogP contribution in [0.1, 0.15) is 19.4 Å². The highest BCUT2D eigenvalue weighted by molar-refractivity contribution is 6.30. The second-order valence-electron chi connectivity index (χ2n) is 5.73. The van der Waals surface area contributed by atoms with Crippen LogP contribution in [0.2, 0.25) is 5.02 Å². The highest BCUT2D eigenvalue weighted by Crippen LogP contribution is 2.22. The zero-order valence-electron chi connectivity index (χ0n) is 14.0. The van der Waals surface area contributed by atoms with Gasteiger partial charge in [-0.3, -0.25) is 10.1 Å². The number of carbonyl (C=O) groups is 1. The number of halogens is 1. The fourth-order valence-corrected chi connectivity index (χ4v) is 2.00. The largest absolute Gasteiger partial charge is 0.476 e. The molecule has 2 aromatic carbocycles. The number of nitrogens with zero attached hydrogens (tertiary/aromatic N) is 2. The van der Waals surface area contributed by atoms with Crippen molar-refractivity contribution in [1.82, 2.24) is 0 Å². The van der Waals surface area contributed by atoms with Crippen molar-refractivity contribution in [3.8, 4) is 5.75 Å². The first-order chi connectivity index (χ1) is 12.2. The zero-order valence-corrected chi connectivity index (χ0v) is 14.8. The third kappa shape index (κ3) is 4.93. The molecule has 2 aromatic rings. The lowest BCUT2D eigenvalue weighted by molar-refractivity contribution is -0.384. The predicted molar refractivity (Wildman–Crippen MR) is 96.1 cm³/mol. The fraction of sp³-hybridized carbons (Fsp3) is 0.176. The number of ether oxygens (including phenoxy) is 1. The standard InChI is InChI=1S/C17H16ClN3O5/c1-17(2,25-14-8-6-12(18)7-9-14)16(22)26-20-15(19)11-4-3-5-13(10-11)21(23)24/h3-10H,1-2H3,(H2,19,20). The number of hydrogen-bond acceptors (Lipinski definition) is 6. The SMILES string of the molecule is CC(C)(Oc1ccc(Cl)cc1)C(=O)ON=C(N)c1cccc([N+](=O)[O-])c1. The number of amidine groups is 1. The highest BCUT2D eigenvalue weighted by atomic mass is 35.5. The van der Waals surface area contributed by atoms with E-state index in [2.05, 4.69) is 5.16 Å². The van der Waals surface area contributed by atoms with Crippen molar-refractivity contribution in [3.63, 3.8) is 0 Å². The first-order valence-electron chi connectivity index (χ1n) is 7.43. The Morgan fingerprint density at radius 1 is 1.23 bits per heavy atom. The summed E-state index contributed by atoms with van der Waals surface area (Å²) in [6.07, 6.45) is 0. The number of benzene rings is 2. The van der Waals surface area contributed by atoms with E-state index in [9.17, 15) is 14.9 Å². The van der Waals surface area contributed by atoms with Crippen LogP contribution >= 0.6 is 11.6 Å². The Morgan fingerprint density at radius 2 is 1.88 bits per heavy atom. The van der Waals surface area contributed by atoms with Crippen molar-refractivity contribution < 1.29 is 19.3 Å². The fourth-order valence-electron chi connectivity index (χ4n) is 1.87. The molecule has 0 saturated heterocycles. The van der Waals surface area contributed by atoms with Crippen LogP contribution in [0.15, 0.2) is 53.7 Å². The molecule has 0 aliphatic rings. The van der Waals surface area contributed by atoms with E-state index >= 15 is 0 Å². The van der Waals surface area contributed by atoms with Crippen molar-refractivity contribution in [2.24, 2.45) is 10.9 Å². The molecule has 0 aliphatic heterocycles. The molecule has 9 heteroatoms. The third-order valence-corrected chi connectivity index (χ3v) is 3.51. The molecule has 0 atom stereocenters. The quantitative estimate of drug-likeness (QED) is 0.271. The average molecular weight is 378 g/mol. The summed E-state index contributed by atoms with van der Waals surface area (Å²) in [5.74, 6) is -0.544. The molecule has 26 heavy (non-hydrogen) atoms. The molecule has 136 valence electrons. The van der Waals surface area contributed by atoms with Gasteiger partial charge < -0.3 is 15.3 Å². The van der Waals surface area contributed by atoms with E-state index < -0.39 is 16.5 Å². The highest BCUT2D eigenvalue weighted by Gasteiger charge is 2.32. The van der Waals surface area contributed by atoms with Crippen LogP contribution in [-0.2, 0) is 9.63 Å². The Hall–Kier alpha value is -3.13. The molecular formula is C17H16ClN3O5. The maximum absolute atomic E-state index is 12.2. The van der Waals surface area contributed by atoms with E-state index in [1.54, 1.807) is 24.3 Å². The van der Waals surface area contributed by atoms with Crippen LogP contribution in [0.25, 0.3) is 0 Å². The number of hydrogen-bond donors (Lipinski definition) is 1. The van der Waals surface area contributed by atoms with Crippen LogP contribution in [0, 0.1) is 10.1 Å². The van der Waals surface area contributed by atoms with Gasteiger partial charge in [-0.05, 0) is 38.1 Å². The van der Waals surface area contributed by atoms with Crippen LogP contribution < -0.4 is 10.5 Å². The minimum atomic E-state index is -1.35. The summed E-state index contributed by atoms with van der Waals surface area (Å²) in [5.41, 5.74) is 4.47. The third-order valence-electron chi connectivity index (χ3n) is 3.26. The van der Waals surface area contributed by atoms with Gasteiger partial charge in [0.15, 0.2) is 5.84 Å². The minimum Gasteiger partial charge on any atom is -0.476 e. The van der Waals surface area contributed by atoms with E-state index in [0.29, 0.717) is 10.8 Å². The van der Waals surface area contributed by atoms with Crippen LogP contribution in [0.4, 0.5) is 5.69 Å². The van der Waals surface area contributed by atoms with Gasteiger partial charge in [0.05, 0.1) is 4.92 Å². The normalized spacial score (nSPS) is 11.7. The lowest BCUT2D eigenvalue weighted by Gasteiger charge is -2.22. The molecule has 0 saturated carbocycles. The predicted octanol–water partition coefficient (Wildman–Crippen LogP) is 3.27. The molecule has 0 heterocycles. The molecule has 0 fully saturated rings. The van der Waals surface area contributed by atoms with Gasteiger partial charge in [0.25, 0.3) is 5.69 Å². The molecular weight excluding hydrogens is 362 g/mol. The lowest BCUT2D eigenvalue weighted by Crippen LogP contribution is -2.39. The summed E-state index contributed by atoms with van der Waals surface area (Å²) in [4.78, 5) is 27.2. The molecule has 2 N–H and O–H groups in total. The lowest BCUT2D eigenvalue weighted by atomic mass is 10.1. The molecule has 0 aliphatic carbocycles. The van der Waals surface area contributed by atoms with Gasteiger partial charge in [0.2, 0.25) is 5.60 Å². The molecule has 8 nitrogen and oxygen atoms in total. The Balaban J connectivity index is 2.07. The Morgan fingerprint density at radius 3 is 2.50 bits per heavy atom. The van der Waals surface area contributed by atoms with Gasteiger partial charge >= 0.3 is 5.97 Å². The monoisotopic (exact) mass is 377 g/mol. The maximum atomic E-state index is 12.2. The second-order valence-corrected chi connectivity index (χ2v) is 6.17. The van der Waals surface area contributed by atoms with Gasteiger partial charge in [-0.25, -0.2) is 4.79 Å². The first kappa shape index (κ1) is 19.2. The number of nitro benzene ring substituents is 1. The number of rotatable bonds is 6. The number of oxime groups is 1. The van der Waals surface area contributed by atoms with E-state index in [4.69, 9.17) is 26.9 Å². The molecule has 0 spiro atoms. The second kappa shape index (κ2) is 7.83. The number of nitro groups is 1. The summed E-state index contributed by atoms with van der Waals surface area (Å²) >= 11 is 5.80. The molecule has 0 bridgehead atoms. The van der Waals surface area contributed by atoms with Gasteiger partial charge in [-0.15, -0.1) is 0 Å². The van der Waals surface area contributed by atoms with Crippen molar-refractivity contribution in [2.75, 3.05) is 0 Å². The zero-order chi connectivity index (χ0) is 19.3. The maximum Gasteiger partial charge on any atom is 0.377 e. The van der Waals surface area contributed by atoms with Crippen LogP contribution in [0.5, 0.6) is 5.75 Å². The molecule has 2 rings (SSSR count). The van der Waals surface area contributed by atoms with Gasteiger partial charge in [-0.1, -0.05) is 28.9 Å². The van der Waals surface area contributed by atoms with Gasteiger partial charge in [0.1, 0.15) is 5.75 Å². The average Bonchev–Trinajstić information content (AvgIpc) is 2.61. The van der Waals surface area contributed by atoms with Gasteiger partial charge in [0, 0.05) is 22.7 Å². The first-order valence-corrected chi connectivity index (χ1v) is 7.81. The van der Waals surface area contributed by atoms with Crippen LogP contribution in [0.3, 0.4) is 0 Å². The van der Waals surface area contributed by atoms with Crippen LogP contribution in [-0.4, -0.2) is 22.3 Å². The number of carbonyl (C=O) groups excluding carboxylic acids is 1.